The van der Waals surface area contributed by atoms with Crippen LogP contribution in [0.5, 0.6) is 0 Å². The Labute approximate surface area is 67.9 Å². The number of aliphatic carboxylic acids is 1. The summed E-state index contributed by atoms with van der Waals surface area (Å²) in [4.78, 5) is 10.4. The topological polar surface area (TPSA) is 37.3 Å². The van der Waals surface area contributed by atoms with Gasteiger partial charge in [0.15, 0.2) is 0 Å². The van der Waals surface area contributed by atoms with E-state index in [2.05, 4.69) is 13.8 Å². The maximum Gasteiger partial charge on any atom is 0.310 e. The van der Waals surface area contributed by atoms with E-state index in [9.17, 15) is 4.79 Å². The number of allylic oxidation sites excluding steroid dienone is 1. The van der Waals surface area contributed by atoms with Crippen molar-refractivity contribution in [3.05, 3.63) is 11.6 Å². The van der Waals surface area contributed by atoms with E-state index in [0.29, 0.717) is 5.92 Å². The molecule has 0 heterocycles. The lowest BCUT2D eigenvalue weighted by atomic mass is 10.0. The highest BCUT2D eigenvalue weighted by Crippen LogP contribution is 2.11. The third-order valence-corrected chi connectivity index (χ3v) is 1.81. The summed E-state index contributed by atoms with van der Waals surface area (Å²) in [6.07, 6.45) is 1.80. The first-order valence-electron chi connectivity index (χ1n) is 3.86. The Morgan fingerprint density at radius 2 is 1.82 bits per heavy atom. The molecule has 2 nitrogen and oxygen atoms in total. The minimum atomic E-state index is -0.759. The molecule has 0 rings (SSSR count). The Hall–Kier alpha value is -0.790. The maximum atomic E-state index is 10.4. The number of carboxylic acids is 1. The first-order chi connectivity index (χ1) is 4.95. The summed E-state index contributed by atoms with van der Waals surface area (Å²) in [7, 11) is 0. The summed E-state index contributed by atoms with van der Waals surface area (Å²) in [5, 5.41) is 8.57. The number of hydrogen-bond acceptors (Lipinski definition) is 1. The third-order valence-electron chi connectivity index (χ3n) is 1.81. The van der Waals surface area contributed by atoms with Gasteiger partial charge in [0.1, 0.15) is 0 Å². The summed E-state index contributed by atoms with van der Waals surface area (Å²) < 4.78 is 0. The van der Waals surface area contributed by atoms with Gasteiger partial charge in [-0.05, 0) is 19.8 Å². The van der Waals surface area contributed by atoms with Crippen LogP contribution < -0.4 is 0 Å². The molecule has 0 bridgehead atoms. The Morgan fingerprint density at radius 3 is 2.09 bits per heavy atom. The van der Waals surface area contributed by atoms with Crippen LogP contribution in [0.15, 0.2) is 11.6 Å². The molecule has 0 amide bonds. The molecule has 2 heteroatoms. The molecule has 1 atom stereocenters. The Balaban J connectivity index is 4.19. The van der Waals surface area contributed by atoms with Crippen molar-refractivity contribution in [2.45, 2.75) is 27.7 Å². The van der Waals surface area contributed by atoms with Gasteiger partial charge in [0, 0.05) is 0 Å². The van der Waals surface area contributed by atoms with Crippen LogP contribution in [-0.4, -0.2) is 11.1 Å². The molecule has 1 unspecified atom stereocenters. The van der Waals surface area contributed by atoms with E-state index in [1.807, 2.05) is 6.92 Å². The molecular formula is C9H16O2. The molecule has 0 saturated carbocycles. The van der Waals surface area contributed by atoms with Crippen molar-refractivity contribution < 1.29 is 9.90 Å². The number of rotatable bonds is 3. The Morgan fingerprint density at radius 1 is 1.36 bits per heavy atom. The molecular weight excluding hydrogens is 140 g/mol. The lowest BCUT2D eigenvalue weighted by Crippen LogP contribution is -2.07. The zero-order valence-electron chi connectivity index (χ0n) is 7.59. The average Bonchev–Trinajstić information content (AvgIpc) is 1.87. The molecule has 0 saturated heterocycles. The van der Waals surface area contributed by atoms with Crippen LogP contribution in [0.3, 0.4) is 0 Å². The summed E-state index contributed by atoms with van der Waals surface area (Å²) in [6, 6.07) is 0. The molecule has 0 aromatic carbocycles. The lowest BCUT2D eigenvalue weighted by molar-refractivity contribution is -0.139. The van der Waals surface area contributed by atoms with E-state index in [1.54, 1.807) is 13.0 Å². The zero-order valence-corrected chi connectivity index (χ0v) is 7.59. The predicted molar refractivity (Wildman–Crippen MR) is 45.4 cm³/mol. The third kappa shape index (κ3) is 3.81. The van der Waals surface area contributed by atoms with E-state index >= 15 is 0 Å². The number of hydrogen-bond donors (Lipinski definition) is 1. The second kappa shape index (κ2) is 4.16. The van der Waals surface area contributed by atoms with Crippen LogP contribution in [0.2, 0.25) is 0 Å². The van der Waals surface area contributed by atoms with Gasteiger partial charge >= 0.3 is 5.97 Å². The van der Waals surface area contributed by atoms with Gasteiger partial charge in [0.2, 0.25) is 0 Å². The standard InChI is InChI=1S/C9H16O2/c1-6(2)7(3)5-8(4)9(10)11/h5-6,8H,1-4H3,(H,10,11). The van der Waals surface area contributed by atoms with Crippen molar-refractivity contribution in [1.82, 2.24) is 0 Å². The first kappa shape index (κ1) is 10.2. The molecule has 1 N–H and O–H groups in total. The molecule has 0 radical (unpaired) electrons. The summed E-state index contributed by atoms with van der Waals surface area (Å²) in [5.74, 6) is -0.681. The predicted octanol–water partition coefficient (Wildman–Crippen LogP) is 2.31. The fraction of sp³-hybridized carbons (Fsp3) is 0.667. The largest absolute Gasteiger partial charge is 0.481 e. The van der Waals surface area contributed by atoms with Gasteiger partial charge in [-0.2, -0.15) is 0 Å². The van der Waals surface area contributed by atoms with E-state index < -0.39 is 5.97 Å². The SMILES string of the molecule is CC(=CC(C)C(=O)O)C(C)C. The normalized spacial score (nSPS) is 15.2. The van der Waals surface area contributed by atoms with Gasteiger partial charge in [0.25, 0.3) is 0 Å². The molecule has 64 valence electrons. The number of carboxylic acid groups (broad SMARTS) is 1. The quantitative estimate of drug-likeness (QED) is 0.636. The minimum Gasteiger partial charge on any atom is -0.481 e. The lowest BCUT2D eigenvalue weighted by Gasteiger charge is -2.06. The van der Waals surface area contributed by atoms with Crippen LogP contribution in [0.25, 0.3) is 0 Å². The van der Waals surface area contributed by atoms with Crippen LogP contribution in [0.4, 0.5) is 0 Å². The highest BCUT2D eigenvalue weighted by molar-refractivity contribution is 5.71. The second-order valence-electron chi connectivity index (χ2n) is 3.19. The van der Waals surface area contributed by atoms with Crippen molar-refractivity contribution in [3.63, 3.8) is 0 Å². The van der Waals surface area contributed by atoms with E-state index in [0.717, 1.165) is 5.57 Å². The molecule has 0 spiro atoms. The van der Waals surface area contributed by atoms with Gasteiger partial charge in [0.05, 0.1) is 5.92 Å². The fourth-order valence-corrected chi connectivity index (χ4v) is 0.658. The highest BCUT2D eigenvalue weighted by Gasteiger charge is 2.08. The van der Waals surface area contributed by atoms with Crippen molar-refractivity contribution in [3.8, 4) is 0 Å². The average molecular weight is 156 g/mol. The molecule has 0 aliphatic rings. The van der Waals surface area contributed by atoms with Gasteiger partial charge in [-0.3, -0.25) is 4.79 Å². The van der Waals surface area contributed by atoms with Crippen LogP contribution in [0, 0.1) is 11.8 Å². The number of carbonyl (C=O) groups is 1. The minimum absolute atomic E-state index is 0.364. The monoisotopic (exact) mass is 156 g/mol. The van der Waals surface area contributed by atoms with Gasteiger partial charge in [-0.15, -0.1) is 0 Å². The Bertz CT molecular complexity index is 168. The second-order valence-corrected chi connectivity index (χ2v) is 3.19. The van der Waals surface area contributed by atoms with Crippen LogP contribution >= 0.6 is 0 Å². The molecule has 0 aromatic heterocycles. The Kier molecular flexibility index (Phi) is 3.86. The van der Waals surface area contributed by atoms with E-state index in [-0.39, 0.29) is 5.92 Å². The smallest absolute Gasteiger partial charge is 0.310 e. The highest BCUT2D eigenvalue weighted by atomic mass is 16.4. The van der Waals surface area contributed by atoms with E-state index in [4.69, 9.17) is 5.11 Å². The summed E-state index contributed by atoms with van der Waals surface area (Å²) >= 11 is 0. The van der Waals surface area contributed by atoms with Crippen LogP contribution in [-0.2, 0) is 4.79 Å². The molecule has 11 heavy (non-hydrogen) atoms. The zero-order chi connectivity index (χ0) is 9.02. The van der Waals surface area contributed by atoms with Crippen molar-refractivity contribution in [2.75, 3.05) is 0 Å². The first-order valence-corrected chi connectivity index (χ1v) is 3.86. The molecule has 0 aromatic rings. The maximum absolute atomic E-state index is 10.4. The van der Waals surface area contributed by atoms with Gasteiger partial charge in [-0.25, -0.2) is 0 Å². The van der Waals surface area contributed by atoms with Crippen molar-refractivity contribution in [1.29, 1.82) is 0 Å². The fourth-order valence-electron chi connectivity index (χ4n) is 0.658. The van der Waals surface area contributed by atoms with Gasteiger partial charge < -0.3 is 5.11 Å². The van der Waals surface area contributed by atoms with Crippen LogP contribution in [0.1, 0.15) is 27.7 Å². The molecule has 0 fully saturated rings. The summed E-state index contributed by atoms with van der Waals surface area (Å²) in [5.41, 5.74) is 1.14. The molecule has 0 aliphatic heterocycles. The molecule has 0 aliphatic carbocycles. The summed E-state index contributed by atoms with van der Waals surface area (Å²) in [6.45, 7) is 7.76. The van der Waals surface area contributed by atoms with E-state index in [1.165, 1.54) is 0 Å². The van der Waals surface area contributed by atoms with Crippen molar-refractivity contribution in [2.24, 2.45) is 11.8 Å². The van der Waals surface area contributed by atoms with Crippen molar-refractivity contribution >= 4 is 5.97 Å². The van der Waals surface area contributed by atoms with Gasteiger partial charge in [-0.1, -0.05) is 25.5 Å².